The number of thiazole rings is 1. The van der Waals surface area contributed by atoms with Gasteiger partial charge >= 0.3 is 5.97 Å². The van der Waals surface area contributed by atoms with Gasteiger partial charge in [-0.25, -0.2) is 4.98 Å². The third-order valence-corrected chi connectivity index (χ3v) is 8.33. The number of esters is 1. The number of carbonyl (C=O) groups is 2. The van der Waals surface area contributed by atoms with Crippen molar-refractivity contribution >= 4 is 52.4 Å². The highest BCUT2D eigenvalue weighted by atomic mass is 35.5. The summed E-state index contributed by atoms with van der Waals surface area (Å²) < 4.78 is 11.3. The van der Waals surface area contributed by atoms with Crippen LogP contribution in [0.5, 0.6) is 0 Å². The zero-order valence-electron chi connectivity index (χ0n) is 20.2. The molecule has 1 spiro atoms. The number of halogens is 2. The maximum Gasteiger partial charge on any atom is 0.309 e. The average Bonchev–Trinajstić information content (AvgIpc) is 3.18. The van der Waals surface area contributed by atoms with Gasteiger partial charge in [0.2, 0.25) is 0 Å². The minimum Gasteiger partial charge on any atom is -0.456 e. The molecule has 2 heterocycles. The van der Waals surface area contributed by atoms with Crippen molar-refractivity contribution in [1.82, 2.24) is 4.98 Å². The van der Waals surface area contributed by atoms with Gasteiger partial charge in [-0.1, -0.05) is 49.5 Å². The smallest absolute Gasteiger partial charge is 0.309 e. The number of ketones is 1. The SMILES string of the molecule is Cc1nc(/C=C(\Cl)[C@@H]2C/C=C(/Cl)COC[C@H](C)[C@H](O)[C@@H](C)C(=O)C3(CCC3)[C@@H](O)CC(=O)O2)cs1. The number of cyclic esters (lactones) is 1. The quantitative estimate of drug-likeness (QED) is 0.522. The van der Waals surface area contributed by atoms with Crippen LogP contribution >= 0.6 is 34.5 Å². The third kappa shape index (κ3) is 6.93. The summed E-state index contributed by atoms with van der Waals surface area (Å²) in [5, 5.41) is 25.1. The molecule has 7 nitrogen and oxygen atoms in total. The van der Waals surface area contributed by atoms with E-state index in [1.54, 1.807) is 26.0 Å². The number of ether oxygens (including phenoxy) is 2. The van der Waals surface area contributed by atoms with E-state index in [0.717, 1.165) is 11.4 Å². The number of Topliss-reactive ketones (excluding diaryl/α,β-unsaturated/α-hetero) is 1. The number of aryl methyl sites for hydroxylation is 1. The molecule has 0 saturated heterocycles. The van der Waals surface area contributed by atoms with E-state index in [0.29, 0.717) is 23.6 Å². The van der Waals surface area contributed by atoms with Gasteiger partial charge in [0.25, 0.3) is 0 Å². The van der Waals surface area contributed by atoms with Crippen LogP contribution in [0.25, 0.3) is 6.08 Å². The Bertz CT molecular complexity index is 973. The lowest BCUT2D eigenvalue weighted by molar-refractivity contribution is -0.161. The van der Waals surface area contributed by atoms with E-state index in [9.17, 15) is 19.8 Å². The topological polar surface area (TPSA) is 106 Å². The molecule has 5 atom stereocenters. The molecule has 0 unspecified atom stereocenters. The van der Waals surface area contributed by atoms with Crippen molar-refractivity contribution in [2.75, 3.05) is 13.2 Å². The van der Waals surface area contributed by atoms with Gasteiger partial charge in [0.15, 0.2) is 0 Å². The molecule has 35 heavy (non-hydrogen) atoms. The van der Waals surface area contributed by atoms with E-state index in [1.165, 1.54) is 11.3 Å². The molecule has 1 fully saturated rings. The van der Waals surface area contributed by atoms with Crippen molar-refractivity contribution in [2.24, 2.45) is 17.3 Å². The van der Waals surface area contributed by atoms with Gasteiger partial charge in [-0.05, 0) is 25.8 Å². The lowest BCUT2D eigenvalue weighted by Gasteiger charge is -2.46. The molecule has 0 radical (unpaired) electrons. The zero-order valence-corrected chi connectivity index (χ0v) is 22.5. The van der Waals surface area contributed by atoms with Gasteiger partial charge in [0, 0.05) is 28.7 Å². The maximum absolute atomic E-state index is 13.4. The Morgan fingerprint density at radius 3 is 2.60 bits per heavy atom. The molecule has 1 aromatic rings. The molecule has 0 bridgehead atoms. The largest absolute Gasteiger partial charge is 0.456 e. The monoisotopic (exact) mass is 545 g/mol. The molecule has 0 amide bonds. The fraction of sp³-hybridized carbons (Fsp3) is 0.640. The molecule has 10 heteroatoms. The van der Waals surface area contributed by atoms with Gasteiger partial charge in [0.1, 0.15) is 11.9 Å². The Morgan fingerprint density at radius 1 is 1.29 bits per heavy atom. The first-order chi connectivity index (χ1) is 16.5. The van der Waals surface area contributed by atoms with Crippen molar-refractivity contribution in [3.8, 4) is 0 Å². The van der Waals surface area contributed by atoms with Crippen LogP contribution in [0, 0.1) is 24.2 Å². The van der Waals surface area contributed by atoms with Crippen LogP contribution in [0.2, 0.25) is 0 Å². The molecule has 1 aliphatic heterocycles. The number of rotatable bonds is 2. The molecule has 1 saturated carbocycles. The van der Waals surface area contributed by atoms with Crippen LogP contribution in [0.4, 0.5) is 0 Å². The first kappa shape index (κ1) is 28.3. The highest BCUT2D eigenvalue weighted by molar-refractivity contribution is 7.09. The number of aliphatic hydroxyl groups excluding tert-OH is 2. The first-order valence-electron chi connectivity index (χ1n) is 11.8. The molecule has 3 rings (SSSR count). The number of hydrogen-bond acceptors (Lipinski definition) is 8. The van der Waals surface area contributed by atoms with Crippen LogP contribution in [0.15, 0.2) is 21.5 Å². The molecule has 1 aliphatic carbocycles. The minimum atomic E-state index is -1.21. The van der Waals surface area contributed by atoms with Crippen LogP contribution < -0.4 is 0 Å². The van der Waals surface area contributed by atoms with Crippen LogP contribution in [-0.4, -0.2) is 58.5 Å². The van der Waals surface area contributed by atoms with Crippen molar-refractivity contribution in [1.29, 1.82) is 0 Å². The predicted molar refractivity (Wildman–Crippen MR) is 136 cm³/mol. The summed E-state index contributed by atoms with van der Waals surface area (Å²) in [5.41, 5.74) is -0.409. The third-order valence-electron chi connectivity index (χ3n) is 6.92. The minimum absolute atomic E-state index is 0.108. The predicted octanol–water partition coefficient (Wildman–Crippen LogP) is 4.61. The molecule has 1 aromatic heterocycles. The summed E-state index contributed by atoms with van der Waals surface area (Å²) in [6, 6.07) is 0. The lowest BCUT2D eigenvalue weighted by Crippen LogP contribution is -2.53. The maximum atomic E-state index is 13.4. The Hall–Kier alpha value is -1.29. The number of hydrogen-bond donors (Lipinski definition) is 2. The lowest BCUT2D eigenvalue weighted by atomic mass is 9.59. The van der Waals surface area contributed by atoms with Gasteiger partial charge in [-0.15, -0.1) is 11.3 Å². The number of aliphatic hydroxyl groups is 2. The van der Waals surface area contributed by atoms with Crippen LogP contribution in [-0.2, 0) is 19.1 Å². The fourth-order valence-corrected chi connectivity index (χ4v) is 5.58. The average molecular weight is 547 g/mol. The Balaban J connectivity index is 1.87. The molecule has 2 aliphatic rings. The number of aromatic nitrogens is 1. The summed E-state index contributed by atoms with van der Waals surface area (Å²) >= 11 is 14.3. The molecule has 0 aromatic carbocycles. The molecule has 194 valence electrons. The van der Waals surface area contributed by atoms with Crippen molar-refractivity contribution in [3.05, 3.63) is 32.2 Å². The summed E-state index contributed by atoms with van der Waals surface area (Å²) in [6.45, 7) is 5.66. The van der Waals surface area contributed by atoms with Crippen molar-refractivity contribution < 1.29 is 29.3 Å². The van der Waals surface area contributed by atoms with Crippen molar-refractivity contribution in [3.63, 3.8) is 0 Å². The molecular weight excluding hydrogens is 513 g/mol. The van der Waals surface area contributed by atoms with Crippen LogP contribution in [0.3, 0.4) is 0 Å². The van der Waals surface area contributed by atoms with E-state index >= 15 is 0 Å². The van der Waals surface area contributed by atoms with Gasteiger partial charge in [-0.2, -0.15) is 0 Å². The van der Waals surface area contributed by atoms with E-state index < -0.39 is 35.6 Å². The van der Waals surface area contributed by atoms with E-state index in [1.807, 2.05) is 12.3 Å². The standard InChI is InChI=1S/C25H33Cl2NO6S/c1-14-11-33-12-17(26)5-6-20(19(27)9-18-13-35-16(3)28-18)34-22(30)10-21(29)25(7-4-8-25)24(32)15(2)23(14)31/h5,9,13-15,20-21,23,29,31H,4,6-8,10-12H2,1-3H3/b17-5+,19-9-/t14-,15+,20-,21-,23-/m0/s1. The van der Waals surface area contributed by atoms with E-state index in [2.05, 4.69) is 4.98 Å². The van der Waals surface area contributed by atoms with Gasteiger partial charge in [-0.3, -0.25) is 9.59 Å². The second kappa shape index (κ2) is 12.3. The Labute approximate surface area is 220 Å². The second-order valence-electron chi connectivity index (χ2n) is 9.55. The van der Waals surface area contributed by atoms with Crippen molar-refractivity contribution in [2.45, 2.75) is 71.2 Å². The van der Waals surface area contributed by atoms with E-state index in [-0.39, 0.29) is 42.8 Å². The number of nitrogens with zero attached hydrogens (tertiary/aromatic N) is 1. The fourth-order valence-electron chi connectivity index (χ4n) is 4.60. The van der Waals surface area contributed by atoms with E-state index in [4.69, 9.17) is 32.7 Å². The molecule has 2 N–H and O–H groups in total. The zero-order chi connectivity index (χ0) is 25.8. The van der Waals surface area contributed by atoms with Gasteiger partial charge < -0.3 is 19.7 Å². The second-order valence-corrected chi connectivity index (χ2v) is 11.5. The summed E-state index contributed by atoms with van der Waals surface area (Å²) in [7, 11) is 0. The normalized spacial score (nSPS) is 33.1. The number of carbonyl (C=O) groups excluding carboxylic acids is 2. The Kier molecular flexibility index (Phi) is 9.94. The highest BCUT2D eigenvalue weighted by Crippen LogP contribution is 2.48. The summed E-state index contributed by atoms with van der Waals surface area (Å²) in [4.78, 5) is 30.6. The highest BCUT2D eigenvalue weighted by Gasteiger charge is 2.52. The van der Waals surface area contributed by atoms with Gasteiger partial charge in [0.05, 0.1) is 53.0 Å². The Morgan fingerprint density at radius 2 is 2.00 bits per heavy atom. The van der Waals surface area contributed by atoms with Crippen LogP contribution in [0.1, 0.15) is 56.7 Å². The first-order valence-corrected chi connectivity index (χ1v) is 13.5. The summed E-state index contributed by atoms with van der Waals surface area (Å²) in [6.07, 6.45) is 1.86. The summed E-state index contributed by atoms with van der Waals surface area (Å²) in [5.74, 6) is -1.94. The molecular formula is C25H33Cl2NO6S.